The minimum atomic E-state index is -3.60. The van der Waals surface area contributed by atoms with Gasteiger partial charge in [0.15, 0.2) is 5.78 Å². The lowest BCUT2D eigenvalue weighted by molar-refractivity contribution is 0.101. The van der Waals surface area contributed by atoms with Crippen LogP contribution in [0.1, 0.15) is 54.4 Å². The highest BCUT2D eigenvalue weighted by Crippen LogP contribution is 2.34. The number of hydrogen-bond donors (Lipinski definition) is 1. The van der Waals surface area contributed by atoms with E-state index in [0.717, 1.165) is 31.2 Å². The van der Waals surface area contributed by atoms with Crippen molar-refractivity contribution < 1.29 is 13.2 Å². The Balaban J connectivity index is 1.82. The van der Waals surface area contributed by atoms with Crippen LogP contribution in [0.25, 0.3) is 0 Å². The molecule has 0 radical (unpaired) electrons. The summed E-state index contributed by atoms with van der Waals surface area (Å²) in [5.41, 5.74) is 1.74. The van der Waals surface area contributed by atoms with Crippen LogP contribution in [0.4, 0.5) is 0 Å². The highest BCUT2D eigenvalue weighted by molar-refractivity contribution is 7.89. The van der Waals surface area contributed by atoms with Crippen molar-refractivity contribution in [3.8, 4) is 0 Å². The molecule has 0 saturated heterocycles. The van der Waals surface area contributed by atoms with E-state index in [9.17, 15) is 13.2 Å². The van der Waals surface area contributed by atoms with Gasteiger partial charge in [0.05, 0.1) is 4.90 Å². The Morgan fingerprint density at radius 1 is 1.00 bits per heavy atom. The van der Waals surface area contributed by atoms with Crippen molar-refractivity contribution >= 4 is 27.4 Å². The van der Waals surface area contributed by atoms with E-state index in [2.05, 4.69) is 4.72 Å². The highest BCUT2D eigenvalue weighted by atomic mass is 35.5. The van der Waals surface area contributed by atoms with E-state index in [1.54, 1.807) is 19.1 Å². The number of benzene rings is 2. The van der Waals surface area contributed by atoms with E-state index in [1.165, 1.54) is 12.1 Å². The Labute approximate surface area is 159 Å². The highest BCUT2D eigenvalue weighted by Gasteiger charge is 2.30. The molecule has 138 valence electrons. The Hall–Kier alpha value is -1.69. The fourth-order valence-electron chi connectivity index (χ4n) is 3.52. The molecule has 1 aliphatic carbocycles. The molecule has 2 atom stereocenters. The molecule has 2 aromatic carbocycles. The zero-order valence-electron chi connectivity index (χ0n) is 14.6. The maximum atomic E-state index is 12.7. The van der Waals surface area contributed by atoms with Gasteiger partial charge in [0.1, 0.15) is 0 Å². The van der Waals surface area contributed by atoms with Crippen LogP contribution in [0.15, 0.2) is 53.4 Å². The maximum absolute atomic E-state index is 12.7. The van der Waals surface area contributed by atoms with Crippen LogP contribution in [0.2, 0.25) is 5.02 Å². The molecule has 26 heavy (non-hydrogen) atoms. The standard InChI is InChI=1S/C20H22ClNO3S/c1-14(23)15-6-8-16(9-7-15)19-4-2-3-5-20(19)22-26(24,25)18-12-10-17(21)11-13-18/h6-13,19-20,22H,2-5H2,1H3/t19-,20+/m0/s1. The van der Waals surface area contributed by atoms with Crippen LogP contribution < -0.4 is 4.72 Å². The van der Waals surface area contributed by atoms with Gasteiger partial charge in [0, 0.05) is 22.5 Å². The molecule has 1 saturated carbocycles. The summed E-state index contributed by atoms with van der Waals surface area (Å²) in [6.07, 6.45) is 3.79. The second-order valence-corrected chi connectivity index (χ2v) is 8.90. The van der Waals surface area contributed by atoms with Gasteiger partial charge in [-0.1, -0.05) is 48.7 Å². The molecule has 0 bridgehead atoms. The van der Waals surface area contributed by atoms with Gasteiger partial charge in [-0.2, -0.15) is 0 Å². The molecule has 0 heterocycles. The number of halogens is 1. The van der Waals surface area contributed by atoms with Gasteiger partial charge in [0.2, 0.25) is 10.0 Å². The molecular weight excluding hydrogens is 370 g/mol. The predicted octanol–water partition coefficient (Wildman–Crippen LogP) is 4.55. The van der Waals surface area contributed by atoms with Crippen molar-refractivity contribution in [2.75, 3.05) is 0 Å². The average Bonchev–Trinajstić information content (AvgIpc) is 2.62. The van der Waals surface area contributed by atoms with E-state index in [0.29, 0.717) is 10.6 Å². The van der Waals surface area contributed by atoms with Gasteiger partial charge < -0.3 is 0 Å². The Kier molecular flexibility index (Phi) is 5.80. The number of carbonyl (C=O) groups is 1. The lowest BCUT2D eigenvalue weighted by Crippen LogP contribution is -2.40. The first kappa shape index (κ1) is 19.1. The summed E-state index contributed by atoms with van der Waals surface area (Å²) in [5, 5.41) is 0.505. The van der Waals surface area contributed by atoms with Crippen molar-refractivity contribution in [1.29, 1.82) is 0 Å². The summed E-state index contributed by atoms with van der Waals surface area (Å²) < 4.78 is 28.3. The van der Waals surface area contributed by atoms with E-state index >= 15 is 0 Å². The summed E-state index contributed by atoms with van der Waals surface area (Å²) in [5.74, 6) is 0.131. The Morgan fingerprint density at radius 2 is 1.62 bits per heavy atom. The number of Topliss-reactive ketones (excluding diaryl/α,β-unsaturated/α-hetero) is 1. The van der Waals surface area contributed by atoms with Crippen molar-refractivity contribution in [3.05, 3.63) is 64.7 Å². The first-order chi connectivity index (χ1) is 12.4. The van der Waals surface area contributed by atoms with Gasteiger partial charge in [-0.25, -0.2) is 13.1 Å². The molecular formula is C20H22ClNO3S. The molecule has 0 amide bonds. The van der Waals surface area contributed by atoms with Gasteiger partial charge in [-0.05, 0) is 49.6 Å². The Morgan fingerprint density at radius 3 is 2.23 bits per heavy atom. The summed E-state index contributed by atoms with van der Waals surface area (Å²) in [6.45, 7) is 1.54. The molecule has 2 aromatic rings. The number of hydrogen-bond acceptors (Lipinski definition) is 3. The van der Waals surface area contributed by atoms with Gasteiger partial charge in [-0.15, -0.1) is 0 Å². The third-order valence-corrected chi connectivity index (χ3v) is 6.70. The molecule has 3 rings (SSSR count). The topological polar surface area (TPSA) is 63.2 Å². The second kappa shape index (κ2) is 7.91. The fraction of sp³-hybridized carbons (Fsp3) is 0.350. The normalized spacial score (nSPS) is 20.7. The molecule has 0 aromatic heterocycles. The summed E-state index contributed by atoms with van der Waals surface area (Å²) in [4.78, 5) is 11.7. The zero-order chi connectivity index (χ0) is 18.7. The van der Waals surface area contributed by atoms with E-state index < -0.39 is 10.0 Å². The maximum Gasteiger partial charge on any atom is 0.240 e. The fourth-order valence-corrected chi connectivity index (χ4v) is 4.95. The minimum Gasteiger partial charge on any atom is -0.295 e. The summed E-state index contributed by atoms with van der Waals surface area (Å²) in [7, 11) is -3.60. The zero-order valence-corrected chi connectivity index (χ0v) is 16.2. The third-order valence-electron chi connectivity index (χ3n) is 4.94. The van der Waals surface area contributed by atoms with Gasteiger partial charge >= 0.3 is 0 Å². The number of ketones is 1. The number of sulfonamides is 1. The van der Waals surface area contributed by atoms with Crippen molar-refractivity contribution in [2.24, 2.45) is 0 Å². The van der Waals surface area contributed by atoms with Crippen molar-refractivity contribution in [1.82, 2.24) is 4.72 Å². The largest absolute Gasteiger partial charge is 0.295 e. The predicted molar refractivity (Wildman–Crippen MR) is 103 cm³/mol. The van der Waals surface area contributed by atoms with Crippen molar-refractivity contribution in [2.45, 2.75) is 49.5 Å². The summed E-state index contributed by atoms with van der Waals surface area (Å²) >= 11 is 5.85. The first-order valence-electron chi connectivity index (χ1n) is 8.75. The number of carbonyl (C=O) groups excluding carboxylic acids is 1. The van der Waals surface area contributed by atoms with Crippen LogP contribution in [0, 0.1) is 0 Å². The number of nitrogens with one attached hydrogen (secondary N) is 1. The quantitative estimate of drug-likeness (QED) is 0.760. The van der Waals surface area contributed by atoms with Crippen LogP contribution in [-0.4, -0.2) is 20.2 Å². The Bertz CT molecular complexity index is 876. The van der Waals surface area contributed by atoms with Crippen LogP contribution >= 0.6 is 11.6 Å². The molecule has 4 nitrogen and oxygen atoms in total. The van der Waals surface area contributed by atoms with Crippen molar-refractivity contribution in [3.63, 3.8) is 0 Å². The molecule has 6 heteroatoms. The summed E-state index contributed by atoms with van der Waals surface area (Å²) in [6, 6.07) is 13.5. The van der Waals surface area contributed by atoms with Crippen LogP contribution in [-0.2, 0) is 10.0 Å². The minimum absolute atomic E-state index is 0.0279. The van der Waals surface area contributed by atoms with E-state index in [4.69, 9.17) is 11.6 Å². The monoisotopic (exact) mass is 391 g/mol. The lowest BCUT2D eigenvalue weighted by atomic mass is 9.80. The van der Waals surface area contributed by atoms with Crippen LogP contribution in [0.5, 0.6) is 0 Å². The molecule has 1 N–H and O–H groups in total. The number of rotatable bonds is 5. The average molecular weight is 392 g/mol. The molecule has 0 aliphatic heterocycles. The molecule has 0 spiro atoms. The molecule has 1 aliphatic rings. The molecule has 0 unspecified atom stereocenters. The molecule has 1 fully saturated rings. The van der Waals surface area contributed by atoms with Gasteiger partial charge in [0.25, 0.3) is 0 Å². The SMILES string of the molecule is CC(=O)c1ccc([C@@H]2CCCC[C@H]2NS(=O)(=O)c2ccc(Cl)cc2)cc1. The third kappa shape index (κ3) is 4.34. The lowest BCUT2D eigenvalue weighted by Gasteiger charge is -2.32. The second-order valence-electron chi connectivity index (χ2n) is 6.75. The smallest absolute Gasteiger partial charge is 0.240 e. The van der Waals surface area contributed by atoms with Crippen LogP contribution in [0.3, 0.4) is 0 Å². The first-order valence-corrected chi connectivity index (χ1v) is 10.6. The van der Waals surface area contributed by atoms with E-state index in [1.807, 2.05) is 24.3 Å². The van der Waals surface area contributed by atoms with E-state index in [-0.39, 0.29) is 22.6 Å². The van der Waals surface area contributed by atoms with Gasteiger partial charge in [-0.3, -0.25) is 4.79 Å².